The van der Waals surface area contributed by atoms with E-state index in [0.717, 1.165) is 31.2 Å². The lowest BCUT2D eigenvalue weighted by Gasteiger charge is -2.36. The Morgan fingerprint density at radius 1 is 1.38 bits per heavy atom. The predicted octanol–water partition coefficient (Wildman–Crippen LogP) is 3.73. The standard InChI is InChI=1S/C15H19BrN2O3/c1-11-5-6-13(18(20)21)12(9-11)14(19)17-15(10-16)7-3-2-4-8-15/h5-6,9H,2-4,7-8,10H2,1H3,(H,17,19). The van der Waals surface area contributed by atoms with Crippen LogP contribution >= 0.6 is 15.9 Å². The number of aryl methyl sites for hydroxylation is 1. The molecule has 21 heavy (non-hydrogen) atoms. The molecule has 1 aromatic carbocycles. The average molecular weight is 355 g/mol. The maximum atomic E-state index is 12.5. The number of nitrogens with one attached hydrogen (secondary N) is 1. The van der Waals surface area contributed by atoms with E-state index in [0.29, 0.717) is 5.33 Å². The van der Waals surface area contributed by atoms with Gasteiger partial charge in [0.1, 0.15) is 5.56 Å². The summed E-state index contributed by atoms with van der Waals surface area (Å²) in [5.74, 6) is -0.355. The van der Waals surface area contributed by atoms with Crippen LogP contribution in [0.4, 0.5) is 5.69 Å². The Balaban J connectivity index is 2.27. The minimum absolute atomic E-state index is 0.140. The Morgan fingerprint density at radius 2 is 2.05 bits per heavy atom. The molecule has 0 radical (unpaired) electrons. The molecule has 1 amide bonds. The monoisotopic (exact) mass is 354 g/mol. The maximum absolute atomic E-state index is 12.5. The summed E-state index contributed by atoms with van der Waals surface area (Å²) in [7, 11) is 0. The molecule has 0 spiro atoms. The van der Waals surface area contributed by atoms with E-state index in [-0.39, 0.29) is 22.7 Å². The van der Waals surface area contributed by atoms with Crippen molar-refractivity contribution in [3.8, 4) is 0 Å². The first-order valence-corrected chi connectivity index (χ1v) is 8.23. The molecule has 1 fully saturated rings. The summed E-state index contributed by atoms with van der Waals surface area (Å²) in [4.78, 5) is 23.1. The number of carbonyl (C=O) groups excluding carboxylic acids is 1. The van der Waals surface area contributed by atoms with Crippen LogP contribution in [0.15, 0.2) is 18.2 Å². The zero-order valence-corrected chi connectivity index (χ0v) is 13.6. The Kier molecular flexibility index (Phi) is 4.98. The van der Waals surface area contributed by atoms with E-state index < -0.39 is 4.92 Å². The molecule has 5 nitrogen and oxygen atoms in total. The van der Waals surface area contributed by atoms with Crippen molar-refractivity contribution < 1.29 is 9.72 Å². The SMILES string of the molecule is Cc1ccc([N+](=O)[O-])c(C(=O)NC2(CBr)CCCCC2)c1. The number of nitro groups is 1. The molecule has 0 heterocycles. The van der Waals surface area contributed by atoms with Gasteiger partial charge in [0.15, 0.2) is 0 Å². The third-order valence-corrected chi connectivity index (χ3v) is 5.11. The number of amides is 1. The number of nitro benzene ring substituents is 1. The van der Waals surface area contributed by atoms with Crippen LogP contribution in [0, 0.1) is 17.0 Å². The Morgan fingerprint density at radius 3 is 2.62 bits per heavy atom. The first kappa shape index (κ1) is 15.9. The van der Waals surface area contributed by atoms with Gasteiger partial charge in [0.05, 0.1) is 10.5 Å². The molecule has 6 heteroatoms. The highest BCUT2D eigenvalue weighted by atomic mass is 79.9. The van der Waals surface area contributed by atoms with E-state index in [1.54, 1.807) is 12.1 Å². The van der Waals surface area contributed by atoms with Gasteiger partial charge in [-0.1, -0.05) is 41.3 Å². The van der Waals surface area contributed by atoms with E-state index in [1.807, 2.05) is 6.92 Å². The lowest BCUT2D eigenvalue weighted by molar-refractivity contribution is -0.385. The number of halogens is 1. The Bertz CT molecular complexity index is 554. The summed E-state index contributed by atoms with van der Waals surface area (Å²) in [6.07, 6.45) is 5.13. The number of hydrogen-bond acceptors (Lipinski definition) is 3. The van der Waals surface area contributed by atoms with Crippen molar-refractivity contribution in [3.63, 3.8) is 0 Å². The Labute approximate surface area is 132 Å². The fourth-order valence-electron chi connectivity index (χ4n) is 2.82. The van der Waals surface area contributed by atoms with Gasteiger partial charge >= 0.3 is 0 Å². The lowest BCUT2D eigenvalue weighted by Crippen LogP contribution is -2.51. The number of alkyl halides is 1. The van der Waals surface area contributed by atoms with Gasteiger partial charge in [-0.15, -0.1) is 0 Å². The third-order valence-electron chi connectivity index (χ3n) is 4.04. The maximum Gasteiger partial charge on any atom is 0.282 e. The smallest absolute Gasteiger partial charge is 0.282 e. The van der Waals surface area contributed by atoms with Crippen molar-refractivity contribution in [1.82, 2.24) is 5.32 Å². The summed E-state index contributed by atoms with van der Waals surface area (Å²) in [5.41, 5.74) is 0.555. The van der Waals surface area contributed by atoms with Crippen LogP contribution in [0.1, 0.15) is 48.0 Å². The van der Waals surface area contributed by atoms with Crippen LogP contribution < -0.4 is 5.32 Å². The molecule has 0 unspecified atom stereocenters. The average Bonchev–Trinajstić information content (AvgIpc) is 2.47. The van der Waals surface area contributed by atoms with Gasteiger partial charge in [0.25, 0.3) is 11.6 Å². The fraction of sp³-hybridized carbons (Fsp3) is 0.533. The fourth-order valence-corrected chi connectivity index (χ4v) is 3.52. The third kappa shape index (κ3) is 3.61. The van der Waals surface area contributed by atoms with Crippen molar-refractivity contribution in [1.29, 1.82) is 0 Å². The van der Waals surface area contributed by atoms with Crippen LogP contribution in [-0.4, -0.2) is 21.7 Å². The molecule has 0 bridgehead atoms. The van der Waals surface area contributed by atoms with E-state index >= 15 is 0 Å². The van der Waals surface area contributed by atoms with E-state index in [4.69, 9.17) is 0 Å². The first-order valence-electron chi connectivity index (χ1n) is 7.11. The van der Waals surface area contributed by atoms with Gasteiger partial charge in [-0.25, -0.2) is 0 Å². The molecule has 0 aliphatic heterocycles. The number of carbonyl (C=O) groups is 1. The van der Waals surface area contributed by atoms with Crippen molar-refractivity contribution >= 4 is 27.5 Å². The lowest BCUT2D eigenvalue weighted by atomic mass is 9.83. The summed E-state index contributed by atoms with van der Waals surface area (Å²) in [6.45, 7) is 1.82. The van der Waals surface area contributed by atoms with Gasteiger partial charge in [-0.2, -0.15) is 0 Å². The molecular formula is C15H19BrN2O3. The van der Waals surface area contributed by atoms with Gasteiger partial charge in [-0.3, -0.25) is 14.9 Å². The van der Waals surface area contributed by atoms with Crippen LogP contribution in [0.3, 0.4) is 0 Å². The zero-order valence-electron chi connectivity index (χ0n) is 12.0. The molecule has 0 saturated heterocycles. The van der Waals surface area contributed by atoms with Crippen molar-refractivity contribution in [2.75, 3.05) is 5.33 Å². The summed E-state index contributed by atoms with van der Waals surface area (Å²) in [6, 6.07) is 4.62. The molecule has 2 rings (SSSR count). The number of hydrogen-bond donors (Lipinski definition) is 1. The number of rotatable bonds is 4. The number of benzene rings is 1. The van der Waals surface area contributed by atoms with Crippen LogP contribution in [0.2, 0.25) is 0 Å². The van der Waals surface area contributed by atoms with Gasteiger partial charge in [-0.05, 0) is 31.4 Å². The van der Waals surface area contributed by atoms with Crippen LogP contribution in [0.5, 0.6) is 0 Å². The molecular weight excluding hydrogens is 336 g/mol. The second-order valence-corrected chi connectivity index (χ2v) is 6.27. The second-order valence-electron chi connectivity index (χ2n) is 5.71. The molecule has 1 N–H and O–H groups in total. The highest BCUT2D eigenvalue weighted by molar-refractivity contribution is 9.09. The highest BCUT2D eigenvalue weighted by Crippen LogP contribution is 2.31. The topological polar surface area (TPSA) is 72.2 Å². The minimum atomic E-state index is -0.504. The second kappa shape index (κ2) is 6.56. The summed E-state index contributed by atoms with van der Waals surface area (Å²) in [5, 5.41) is 14.8. The highest BCUT2D eigenvalue weighted by Gasteiger charge is 2.34. The first-order chi connectivity index (χ1) is 9.97. The molecule has 1 aromatic rings. The van der Waals surface area contributed by atoms with Gasteiger partial charge in [0.2, 0.25) is 0 Å². The molecule has 1 saturated carbocycles. The molecule has 1 aliphatic carbocycles. The van der Waals surface area contributed by atoms with E-state index in [9.17, 15) is 14.9 Å². The molecule has 0 atom stereocenters. The largest absolute Gasteiger partial charge is 0.346 e. The molecule has 114 valence electrons. The quantitative estimate of drug-likeness (QED) is 0.508. The number of nitrogens with zero attached hydrogens (tertiary/aromatic N) is 1. The Hall–Kier alpha value is -1.43. The van der Waals surface area contributed by atoms with Gasteiger partial charge < -0.3 is 5.32 Å². The normalized spacial score (nSPS) is 17.2. The minimum Gasteiger partial charge on any atom is -0.346 e. The summed E-state index contributed by atoms with van der Waals surface area (Å²) >= 11 is 3.48. The van der Waals surface area contributed by atoms with E-state index in [2.05, 4.69) is 21.2 Å². The van der Waals surface area contributed by atoms with E-state index in [1.165, 1.54) is 12.5 Å². The van der Waals surface area contributed by atoms with Gasteiger partial charge in [0, 0.05) is 11.4 Å². The van der Waals surface area contributed by atoms with Crippen molar-refractivity contribution in [3.05, 3.63) is 39.4 Å². The van der Waals surface area contributed by atoms with Crippen molar-refractivity contribution in [2.45, 2.75) is 44.6 Å². The summed E-state index contributed by atoms with van der Waals surface area (Å²) < 4.78 is 0. The zero-order chi connectivity index (χ0) is 15.5. The predicted molar refractivity (Wildman–Crippen MR) is 84.9 cm³/mol. The molecule has 0 aromatic heterocycles. The van der Waals surface area contributed by atoms with Crippen LogP contribution in [-0.2, 0) is 0 Å². The molecule has 1 aliphatic rings. The van der Waals surface area contributed by atoms with Crippen LogP contribution in [0.25, 0.3) is 0 Å². The van der Waals surface area contributed by atoms with Crippen molar-refractivity contribution in [2.24, 2.45) is 0 Å².